The van der Waals surface area contributed by atoms with E-state index in [-0.39, 0.29) is 85.8 Å². The molecule has 2 atom stereocenters. The van der Waals surface area contributed by atoms with Gasteiger partial charge in [-0.2, -0.15) is 0 Å². The minimum Gasteiger partial charge on any atom is -0.118 e. The van der Waals surface area contributed by atoms with Crippen LogP contribution in [-0.4, -0.2) is 5.38 Å². The molecule has 0 aromatic heterocycles. The van der Waals surface area contributed by atoms with Gasteiger partial charge in [0.25, 0.3) is 0 Å². The predicted octanol–water partition coefficient (Wildman–Crippen LogP) is 3.52. The predicted molar refractivity (Wildman–Crippen MR) is 50.9 cm³/mol. The maximum atomic E-state index is 6.01. The van der Waals surface area contributed by atoms with E-state index in [1.165, 1.54) is 16.7 Å². The maximum absolute atomic E-state index is 6.01. The maximum Gasteiger partial charge on any atom is 0.0556 e. The molecule has 0 N–H and O–H groups in total. The summed E-state index contributed by atoms with van der Waals surface area (Å²) in [6.45, 7) is 8.58. The number of alkyl halides is 1. The summed E-state index contributed by atoms with van der Waals surface area (Å²) in [6, 6.07) is 0. The van der Waals surface area contributed by atoms with Gasteiger partial charge in [-0.05, 0) is 37.8 Å². The van der Waals surface area contributed by atoms with E-state index >= 15 is 0 Å². The van der Waals surface area contributed by atoms with Crippen LogP contribution in [0.4, 0.5) is 0 Å². The molecule has 1 aliphatic carbocycles. The molecular formula is C10H15ClIr4. The molecule has 1 aliphatic rings. The van der Waals surface area contributed by atoms with Crippen molar-refractivity contribution in [2.24, 2.45) is 5.92 Å². The molecule has 1 unspecified atom stereocenters. The molecule has 0 amide bonds. The minimum atomic E-state index is 0. The Morgan fingerprint density at radius 3 is 1.67 bits per heavy atom. The number of allylic oxidation sites excluding steroid dienone is 4. The third-order valence-corrected chi connectivity index (χ3v) is 2.80. The summed E-state index contributed by atoms with van der Waals surface area (Å²) in [6.07, 6.45) is 2.27. The van der Waals surface area contributed by atoms with E-state index in [2.05, 4.69) is 26.8 Å². The van der Waals surface area contributed by atoms with Gasteiger partial charge in [0.15, 0.2) is 0 Å². The van der Waals surface area contributed by atoms with Gasteiger partial charge < -0.3 is 0 Å². The largest absolute Gasteiger partial charge is 0.118 e. The molecule has 5 heteroatoms. The summed E-state index contributed by atoms with van der Waals surface area (Å²) in [5.41, 5.74) is 4.17. The molecule has 98 valence electrons. The van der Waals surface area contributed by atoms with Crippen LogP contribution in [0.1, 0.15) is 27.7 Å². The fourth-order valence-electron chi connectivity index (χ4n) is 1.52. The van der Waals surface area contributed by atoms with Crippen molar-refractivity contribution in [2.45, 2.75) is 33.1 Å². The molecule has 1 rings (SSSR count). The average molecular weight is 940 g/mol. The van der Waals surface area contributed by atoms with E-state index in [0.29, 0.717) is 5.92 Å². The van der Waals surface area contributed by atoms with E-state index in [4.69, 9.17) is 11.6 Å². The van der Waals surface area contributed by atoms with Gasteiger partial charge in [-0.3, -0.25) is 0 Å². The van der Waals surface area contributed by atoms with Gasteiger partial charge in [0.1, 0.15) is 0 Å². The van der Waals surface area contributed by atoms with Gasteiger partial charge in [0, 0.05) is 80.4 Å². The Morgan fingerprint density at radius 2 is 1.53 bits per heavy atom. The molecular weight excluding hydrogens is 924 g/mol. The molecule has 4 radical (unpaired) electrons. The third-order valence-electron chi connectivity index (χ3n) is 2.57. The monoisotopic (exact) mass is 942 g/mol. The number of rotatable bonds is 1. The average Bonchev–Trinajstić information content (AvgIpc) is 2.17. The summed E-state index contributed by atoms with van der Waals surface area (Å²) in [7, 11) is 0. The van der Waals surface area contributed by atoms with Crippen molar-refractivity contribution in [3.05, 3.63) is 22.8 Å². The summed E-state index contributed by atoms with van der Waals surface area (Å²) in [5, 5.41) is 0.162. The van der Waals surface area contributed by atoms with E-state index in [0.717, 1.165) is 0 Å². The molecule has 0 aromatic carbocycles. The Balaban J connectivity index is -0.000000151. The second-order valence-electron chi connectivity index (χ2n) is 3.33. The molecule has 0 fully saturated rings. The zero-order valence-electron chi connectivity index (χ0n) is 8.94. The summed E-state index contributed by atoms with van der Waals surface area (Å²) in [5.74, 6) is 0.589. The van der Waals surface area contributed by atoms with E-state index in [9.17, 15) is 0 Å². The number of halogens is 1. The number of hydrogen-bond donors (Lipinski definition) is 0. The quantitative estimate of drug-likeness (QED) is 0.354. The summed E-state index contributed by atoms with van der Waals surface area (Å²) < 4.78 is 0. The van der Waals surface area contributed by atoms with Crippen LogP contribution in [0.15, 0.2) is 22.8 Å². The third kappa shape index (κ3) is 6.75. The van der Waals surface area contributed by atoms with Gasteiger partial charge in [-0.15, -0.1) is 11.6 Å². The van der Waals surface area contributed by atoms with Gasteiger partial charge in [0.05, 0.1) is 5.38 Å². The second-order valence-corrected chi connectivity index (χ2v) is 3.99. The van der Waals surface area contributed by atoms with Crippen molar-refractivity contribution in [2.75, 3.05) is 0 Å². The Hall–Kier alpha value is 2.37. The van der Waals surface area contributed by atoms with Crippen LogP contribution in [-0.2, 0) is 80.4 Å². The molecule has 0 aromatic rings. The molecule has 0 aliphatic heterocycles. The molecule has 0 heterocycles. The van der Waals surface area contributed by atoms with Crippen LogP contribution >= 0.6 is 11.6 Å². The standard InChI is InChI=1S/C10H15Cl.4Ir/c1-6-5-10(9(4)11)8(3)7(6)2;;;;/h5-6,9H,1-4H3;;;;/t6?,9-;;;;/m0..../s1. The van der Waals surface area contributed by atoms with E-state index < -0.39 is 0 Å². The van der Waals surface area contributed by atoms with Crippen molar-refractivity contribution in [3.63, 3.8) is 0 Å². The van der Waals surface area contributed by atoms with Gasteiger partial charge in [0.2, 0.25) is 0 Å². The van der Waals surface area contributed by atoms with Crippen LogP contribution in [0.3, 0.4) is 0 Å². The molecule has 0 bridgehead atoms. The zero-order chi connectivity index (χ0) is 8.59. The van der Waals surface area contributed by atoms with E-state index in [1.807, 2.05) is 6.92 Å². The summed E-state index contributed by atoms with van der Waals surface area (Å²) in [4.78, 5) is 0. The first kappa shape index (κ1) is 26.0. The van der Waals surface area contributed by atoms with Crippen molar-refractivity contribution in [1.82, 2.24) is 0 Å². The number of hydrogen-bond acceptors (Lipinski definition) is 0. The van der Waals surface area contributed by atoms with Crippen molar-refractivity contribution in [1.29, 1.82) is 0 Å². The molecule has 0 nitrogen and oxygen atoms in total. The Labute approximate surface area is 152 Å². The van der Waals surface area contributed by atoms with Gasteiger partial charge in [-0.25, -0.2) is 0 Å². The van der Waals surface area contributed by atoms with Gasteiger partial charge >= 0.3 is 0 Å². The van der Waals surface area contributed by atoms with Gasteiger partial charge in [-0.1, -0.05) is 18.6 Å². The first-order valence-corrected chi connectivity index (χ1v) is 4.51. The molecule has 0 saturated heterocycles. The van der Waals surface area contributed by atoms with Crippen LogP contribution < -0.4 is 0 Å². The normalized spacial score (nSPS) is 20.1. The van der Waals surface area contributed by atoms with Crippen LogP contribution in [0.2, 0.25) is 0 Å². The van der Waals surface area contributed by atoms with Crippen LogP contribution in [0.5, 0.6) is 0 Å². The fraction of sp³-hybridized carbons (Fsp3) is 0.600. The SMILES string of the molecule is CC1=C(C)C(C)C=C1[C@H](C)Cl.[Ir].[Ir].[Ir].[Ir]. The van der Waals surface area contributed by atoms with Crippen molar-refractivity contribution in [3.8, 4) is 0 Å². The second kappa shape index (κ2) is 11.5. The van der Waals surface area contributed by atoms with Crippen LogP contribution in [0.25, 0.3) is 0 Å². The van der Waals surface area contributed by atoms with E-state index in [1.54, 1.807) is 0 Å². The molecule has 0 spiro atoms. The smallest absolute Gasteiger partial charge is 0.0556 e. The van der Waals surface area contributed by atoms with Crippen molar-refractivity contribution < 1.29 is 80.4 Å². The Morgan fingerprint density at radius 1 is 1.13 bits per heavy atom. The zero-order valence-corrected chi connectivity index (χ0v) is 19.3. The minimum absolute atomic E-state index is 0. The topological polar surface area (TPSA) is 0 Å². The van der Waals surface area contributed by atoms with Crippen LogP contribution in [0, 0.1) is 5.92 Å². The first-order valence-electron chi connectivity index (χ1n) is 4.07. The summed E-state index contributed by atoms with van der Waals surface area (Å²) >= 11 is 6.01. The van der Waals surface area contributed by atoms with Crippen molar-refractivity contribution >= 4 is 11.6 Å². The Bertz CT molecular complexity index is 234. The Kier molecular flexibility index (Phi) is 19.9. The molecule has 15 heavy (non-hydrogen) atoms. The fourth-order valence-corrected chi connectivity index (χ4v) is 1.76. The molecule has 0 saturated carbocycles. The first-order chi connectivity index (χ1) is 5.04.